The molecule has 0 aromatic heterocycles. The van der Waals surface area contributed by atoms with Gasteiger partial charge in [-0.25, -0.2) is 4.39 Å². The molecule has 1 heterocycles. The molecule has 0 saturated carbocycles. The standard InChI is InChI=1S/C26H25FN2O3/c1-17-12-13-20(14-23(17)28-25(30)21-10-6-7-11-22(21)27)26(31)29-15-18(2)32-24(16-29)19-8-4-3-5-9-19/h3-14,18,24H,15-16H2,1-2H3,(H,28,30). The Bertz CT molecular complexity index is 1130. The number of rotatable bonds is 4. The van der Waals surface area contributed by atoms with E-state index in [1.807, 2.05) is 44.2 Å². The molecule has 32 heavy (non-hydrogen) atoms. The zero-order valence-corrected chi connectivity index (χ0v) is 18.0. The predicted octanol–water partition coefficient (Wildman–Crippen LogP) is 4.99. The summed E-state index contributed by atoms with van der Waals surface area (Å²) in [6.07, 6.45) is -0.307. The number of nitrogens with zero attached hydrogens (tertiary/aromatic N) is 1. The highest BCUT2D eigenvalue weighted by Gasteiger charge is 2.30. The van der Waals surface area contributed by atoms with Crippen molar-refractivity contribution in [1.29, 1.82) is 0 Å². The third-order valence-corrected chi connectivity index (χ3v) is 5.57. The molecule has 1 aliphatic rings. The Morgan fingerprint density at radius 2 is 1.72 bits per heavy atom. The van der Waals surface area contributed by atoms with Gasteiger partial charge >= 0.3 is 0 Å². The monoisotopic (exact) mass is 432 g/mol. The van der Waals surface area contributed by atoms with E-state index < -0.39 is 11.7 Å². The van der Waals surface area contributed by atoms with E-state index in [2.05, 4.69) is 5.32 Å². The molecule has 3 aromatic rings. The summed E-state index contributed by atoms with van der Waals surface area (Å²) in [5.41, 5.74) is 2.70. The Kier molecular flexibility index (Phi) is 6.32. The lowest BCUT2D eigenvalue weighted by atomic mass is 10.0. The van der Waals surface area contributed by atoms with Crippen molar-refractivity contribution in [3.05, 3.63) is 101 Å². The number of morpholine rings is 1. The van der Waals surface area contributed by atoms with E-state index in [9.17, 15) is 14.0 Å². The molecule has 1 saturated heterocycles. The molecule has 0 radical (unpaired) electrons. The molecule has 2 unspecified atom stereocenters. The zero-order valence-electron chi connectivity index (χ0n) is 18.0. The van der Waals surface area contributed by atoms with Crippen LogP contribution in [0.25, 0.3) is 0 Å². The molecule has 2 amide bonds. The molecule has 2 atom stereocenters. The SMILES string of the molecule is Cc1ccc(C(=O)N2CC(C)OC(c3ccccc3)C2)cc1NC(=O)c1ccccc1F. The maximum Gasteiger partial charge on any atom is 0.258 e. The number of carbonyl (C=O) groups excluding carboxylic acids is 2. The number of carbonyl (C=O) groups is 2. The van der Waals surface area contributed by atoms with Gasteiger partial charge in [0.25, 0.3) is 11.8 Å². The largest absolute Gasteiger partial charge is 0.367 e. The number of anilines is 1. The number of hydrogen-bond acceptors (Lipinski definition) is 3. The summed E-state index contributed by atoms with van der Waals surface area (Å²) in [5, 5.41) is 2.73. The predicted molar refractivity (Wildman–Crippen MR) is 121 cm³/mol. The van der Waals surface area contributed by atoms with E-state index >= 15 is 0 Å². The van der Waals surface area contributed by atoms with Gasteiger partial charge in [-0.15, -0.1) is 0 Å². The van der Waals surface area contributed by atoms with Gasteiger partial charge in [0.1, 0.15) is 11.9 Å². The third-order valence-electron chi connectivity index (χ3n) is 5.57. The average molecular weight is 432 g/mol. The number of nitrogens with one attached hydrogen (secondary N) is 1. The van der Waals surface area contributed by atoms with E-state index in [4.69, 9.17) is 4.74 Å². The molecular weight excluding hydrogens is 407 g/mol. The van der Waals surface area contributed by atoms with Crippen LogP contribution in [0, 0.1) is 12.7 Å². The number of benzene rings is 3. The van der Waals surface area contributed by atoms with Crippen LogP contribution in [0.4, 0.5) is 10.1 Å². The van der Waals surface area contributed by atoms with Crippen molar-refractivity contribution in [2.45, 2.75) is 26.1 Å². The van der Waals surface area contributed by atoms with Crippen LogP contribution in [0.1, 0.15) is 44.9 Å². The molecule has 5 nitrogen and oxygen atoms in total. The van der Waals surface area contributed by atoms with Crippen molar-refractivity contribution in [2.24, 2.45) is 0 Å². The van der Waals surface area contributed by atoms with Crippen LogP contribution in [0.3, 0.4) is 0 Å². The molecule has 0 aliphatic carbocycles. The number of ether oxygens (including phenoxy) is 1. The number of halogens is 1. The van der Waals surface area contributed by atoms with Gasteiger partial charge in [0.15, 0.2) is 0 Å². The first-order valence-corrected chi connectivity index (χ1v) is 10.6. The molecule has 1 fully saturated rings. The van der Waals surface area contributed by atoms with E-state index in [1.165, 1.54) is 18.2 Å². The summed E-state index contributed by atoms with van der Waals surface area (Å²) in [6, 6.07) is 20.8. The van der Waals surface area contributed by atoms with Crippen LogP contribution in [0.2, 0.25) is 0 Å². The summed E-state index contributed by atoms with van der Waals surface area (Å²) in [4.78, 5) is 27.6. The number of amides is 2. The minimum absolute atomic E-state index is 0.0451. The van der Waals surface area contributed by atoms with E-state index in [1.54, 1.807) is 29.2 Å². The van der Waals surface area contributed by atoms with Crippen LogP contribution in [-0.4, -0.2) is 35.9 Å². The normalized spacial score (nSPS) is 18.3. The lowest BCUT2D eigenvalue weighted by Crippen LogP contribution is -2.46. The maximum atomic E-state index is 14.0. The first kappa shape index (κ1) is 21.7. The van der Waals surface area contributed by atoms with Crippen LogP contribution in [-0.2, 0) is 4.74 Å². The summed E-state index contributed by atoms with van der Waals surface area (Å²) in [5.74, 6) is -1.29. The van der Waals surface area contributed by atoms with Crippen LogP contribution in [0.5, 0.6) is 0 Å². The van der Waals surface area contributed by atoms with Crippen molar-refractivity contribution in [3.8, 4) is 0 Å². The zero-order chi connectivity index (χ0) is 22.7. The molecular formula is C26H25FN2O3. The molecule has 0 spiro atoms. The number of aryl methyl sites for hydroxylation is 1. The van der Waals surface area contributed by atoms with Gasteiger partial charge in [-0.05, 0) is 49.2 Å². The summed E-state index contributed by atoms with van der Waals surface area (Å²) in [6.45, 7) is 4.70. The molecule has 6 heteroatoms. The number of hydrogen-bond donors (Lipinski definition) is 1. The van der Waals surface area contributed by atoms with Crippen molar-refractivity contribution in [2.75, 3.05) is 18.4 Å². The van der Waals surface area contributed by atoms with Gasteiger partial charge in [0.2, 0.25) is 0 Å². The fourth-order valence-electron chi connectivity index (χ4n) is 3.88. The van der Waals surface area contributed by atoms with E-state index in [0.29, 0.717) is 24.3 Å². The fraction of sp³-hybridized carbons (Fsp3) is 0.231. The maximum absolute atomic E-state index is 14.0. The minimum Gasteiger partial charge on any atom is -0.367 e. The Morgan fingerprint density at radius 3 is 2.47 bits per heavy atom. The smallest absolute Gasteiger partial charge is 0.258 e. The van der Waals surface area contributed by atoms with Gasteiger partial charge in [-0.2, -0.15) is 0 Å². The second-order valence-corrected chi connectivity index (χ2v) is 8.02. The molecule has 0 bridgehead atoms. The Hall–Kier alpha value is -3.51. The van der Waals surface area contributed by atoms with E-state index in [0.717, 1.165) is 11.1 Å². The second-order valence-electron chi connectivity index (χ2n) is 8.02. The lowest BCUT2D eigenvalue weighted by Gasteiger charge is -2.37. The topological polar surface area (TPSA) is 58.6 Å². The van der Waals surface area contributed by atoms with Crippen molar-refractivity contribution >= 4 is 17.5 Å². The minimum atomic E-state index is -0.593. The summed E-state index contributed by atoms with van der Waals surface area (Å²) in [7, 11) is 0. The van der Waals surface area contributed by atoms with Crippen LogP contribution < -0.4 is 5.32 Å². The highest BCUT2D eigenvalue weighted by molar-refractivity contribution is 6.05. The summed E-state index contributed by atoms with van der Waals surface area (Å²) < 4.78 is 20.0. The summed E-state index contributed by atoms with van der Waals surface area (Å²) >= 11 is 0. The Morgan fingerprint density at radius 1 is 1.00 bits per heavy atom. The molecule has 3 aromatic carbocycles. The molecule has 164 valence electrons. The molecule has 1 aliphatic heterocycles. The van der Waals surface area contributed by atoms with Gasteiger partial charge in [-0.3, -0.25) is 9.59 Å². The highest BCUT2D eigenvalue weighted by atomic mass is 19.1. The highest BCUT2D eigenvalue weighted by Crippen LogP contribution is 2.27. The second kappa shape index (κ2) is 9.32. The van der Waals surface area contributed by atoms with Crippen LogP contribution in [0.15, 0.2) is 72.8 Å². The van der Waals surface area contributed by atoms with Gasteiger partial charge < -0.3 is 15.0 Å². The van der Waals surface area contributed by atoms with Crippen molar-refractivity contribution < 1.29 is 18.7 Å². The Balaban J connectivity index is 1.54. The van der Waals surface area contributed by atoms with Gasteiger partial charge in [0.05, 0.1) is 18.2 Å². The van der Waals surface area contributed by atoms with Gasteiger partial charge in [-0.1, -0.05) is 48.5 Å². The first-order valence-electron chi connectivity index (χ1n) is 10.6. The fourth-order valence-corrected chi connectivity index (χ4v) is 3.88. The van der Waals surface area contributed by atoms with E-state index in [-0.39, 0.29) is 23.7 Å². The lowest BCUT2D eigenvalue weighted by molar-refractivity contribution is -0.0691. The van der Waals surface area contributed by atoms with Crippen LogP contribution >= 0.6 is 0 Å². The van der Waals surface area contributed by atoms with Crippen molar-refractivity contribution in [1.82, 2.24) is 4.90 Å². The molecule has 4 rings (SSSR count). The average Bonchev–Trinajstić information content (AvgIpc) is 2.80. The van der Waals surface area contributed by atoms with Crippen molar-refractivity contribution in [3.63, 3.8) is 0 Å². The molecule has 1 N–H and O–H groups in total. The van der Waals surface area contributed by atoms with Gasteiger partial charge in [0, 0.05) is 17.8 Å². The quantitative estimate of drug-likeness (QED) is 0.632. The Labute approximate surface area is 186 Å². The first-order chi connectivity index (χ1) is 15.4. The third kappa shape index (κ3) is 4.70.